The summed E-state index contributed by atoms with van der Waals surface area (Å²) in [5.74, 6) is 0.775. The number of nitrogens with zero attached hydrogens (tertiary/aromatic N) is 1. The minimum absolute atomic E-state index is 0. The number of halogens is 2. The number of carbonyl (C=O) groups is 1. The van der Waals surface area contributed by atoms with Gasteiger partial charge in [-0.25, -0.2) is 0 Å². The van der Waals surface area contributed by atoms with Crippen molar-refractivity contribution < 1.29 is 4.79 Å². The minimum atomic E-state index is 0. The second kappa shape index (κ2) is 8.24. The van der Waals surface area contributed by atoms with Crippen molar-refractivity contribution in [2.45, 2.75) is 55.6 Å². The summed E-state index contributed by atoms with van der Waals surface area (Å²) in [6.45, 7) is 2.09. The largest absolute Gasteiger partial charge is 0.342 e. The van der Waals surface area contributed by atoms with Crippen LogP contribution in [0.1, 0.15) is 31.2 Å². The highest BCUT2D eigenvalue weighted by molar-refractivity contribution is 9.10. The van der Waals surface area contributed by atoms with Crippen LogP contribution in [0.15, 0.2) is 27.6 Å². The van der Waals surface area contributed by atoms with Crippen LogP contribution in [-0.2, 0) is 4.79 Å². The first-order chi connectivity index (χ1) is 10.5. The summed E-state index contributed by atoms with van der Waals surface area (Å²) >= 11 is 5.12. The molecule has 2 aliphatic rings. The van der Waals surface area contributed by atoms with Gasteiger partial charge >= 0.3 is 0 Å². The number of benzene rings is 1. The number of rotatable bonds is 4. The fraction of sp³-hybridized carbons (Fsp3) is 0.588. The van der Waals surface area contributed by atoms with E-state index in [4.69, 9.17) is 0 Å². The van der Waals surface area contributed by atoms with Crippen LogP contribution in [0.2, 0.25) is 0 Å². The summed E-state index contributed by atoms with van der Waals surface area (Å²) in [5, 5.41) is 3.64. The van der Waals surface area contributed by atoms with Crippen LogP contribution in [0.25, 0.3) is 0 Å². The molecule has 6 heteroatoms. The van der Waals surface area contributed by atoms with Crippen molar-refractivity contribution in [3.05, 3.63) is 28.2 Å². The zero-order valence-electron chi connectivity index (χ0n) is 13.5. The number of piperidine rings is 1. The number of hydrogen-bond acceptors (Lipinski definition) is 3. The van der Waals surface area contributed by atoms with E-state index in [0.717, 1.165) is 17.3 Å². The standard InChI is InChI=1S/C17H23BrN2OS.ClH/c1-11-7-12(18)3-6-16(11)22-10-17(21)20(2)15-8-13-4-5-14(9-15)19-13;/h3,6-7,13-15,19H,4-5,8-10H2,1-2H3;1H. The van der Waals surface area contributed by atoms with E-state index in [1.807, 2.05) is 18.0 Å². The first-order valence-corrected chi connectivity index (χ1v) is 9.71. The Bertz CT molecular complexity index is 560. The van der Waals surface area contributed by atoms with Crippen molar-refractivity contribution >= 4 is 46.0 Å². The van der Waals surface area contributed by atoms with Crippen LogP contribution in [-0.4, -0.2) is 41.7 Å². The summed E-state index contributed by atoms with van der Waals surface area (Å²) in [6, 6.07) is 7.88. The molecule has 1 amide bonds. The van der Waals surface area contributed by atoms with Crippen molar-refractivity contribution in [3.8, 4) is 0 Å². The summed E-state index contributed by atoms with van der Waals surface area (Å²) in [4.78, 5) is 15.7. The molecule has 1 N–H and O–H groups in total. The van der Waals surface area contributed by atoms with Crippen molar-refractivity contribution in [2.24, 2.45) is 0 Å². The monoisotopic (exact) mass is 418 g/mol. The Morgan fingerprint density at radius 3 is 2.61 bits per heavy atom. The fourth-order valence-corrected chi connectivity index (χ4v) is 4.97. The molecule has 2 heterocycles. The summed E-state index contributed by atoms with van der Waals surface area (Å²) in [6.07, 6.45) is 4.77. The lowest BCUT2D eigenvalue weighted by Crippen LogP contribution is -2.49. The number of carbonyl (C=O) groups excluding carboxylic acids is 1. The number of aryl methyl sites for hydroxylation is 1. The van der Waals surface area contributed by atoms with Crippen LogP contribution in [0.5, 0.6) is 0 Å². The summed E-state index contributed by atoms with van der Waals surface area (Å²) in [5.41, 5.74) is 1.22. The lowest BCUT2D eigenvalue weighted by Gasteiger charge is -2.35. The molecule has 0 saturated carbocycles. The van der Waals surface area contributed by atoms with E-state index in [1.165, 1.54) is 23.3 Å². The van der Waals surface area contributed by atoms with E-state index in [1.54, 1.807) is 11.8 Å². The molecule has 128 valence electrons. The Hall–Kier alpha value is -0.230. The number of fused-ring (bicyclic) bond motifs is 2. The molecule has 0 aliphatic carbocycles. The quantitative estimate of drug-likeness (QED) is 0.748. The third-order valence-electron chi connectivity index (χ3n) is 4.88. The molecule has 2 unspecified atom stereocenters. The normalized spacial score (nSPS) is 25.8. The zero-order chi connectivity index (χ0) is 15.7. The SMILES string of the molecule is Cc1cc(Br)ccc1SCC(=O)N(C)C1CC2CCC(C1)N2.Cl. The van der Waals surface area contributed by atoms with Gasteiger partial charge in [0.2, 0.25) is 5.91 Å². The van der Waals surface area contributed by atoms with Crippen molar-refractivity contribution in [1.82, 2.24) is 10.2 Å². The maximum atomic E-state index is 12.5. The smallest absolute Gasteiger partial charge is 0.232 e. The van der Waals surface area contributed by atoms with E-state index in [0.29, 0.717) is 23.9 Å². The molecule has 1 aromatic rings. The lowest BCUT2D eigenvalue weighted by atomic mass is 9.98. The van der Waals surface area contributed by atoms with Gasteiger partial charge in [-0.05, 0) is 56.4 Å². The molecule has 2 aliphatic heterocycles. The average molecular weight is 420 g/mol. The van der Waals surface area contributed by atoms with Gasteiger partial charge in [0.15, 0.2) is 0 Å². The van der Waals surface area contributed by atoms with Gasteiger partial charge in [-0.15, -0.1) is 24.2 Å². The molecule has 2 bridgehead atoms. The Balaban J connectivity index is 0.00000192. The van der Waals surface area contributed by atoms with Crippen LogP contribution in [0.4, 0.5) is 0 Å². The van der Waals surface area contributed by atoms with Gasteiger partial charge in [0, 0.05) is 34.5 Å². The van der Waals surface area contributed by atoms with Crippen molar-refractivity contribution in [1.29, 1.82) is 0 Å². The molecule has 0 aromatic heterocycles. The number of thioether (sulfide) groups is 1. The highest BCUT2D eigenvalue weighted by Gasteiger charge is 2.36. The molecular formula is C17H24BrClN2OS. The van der Waals surface area contributed by atoms with Gasteiger partial charge in [0.05, 0.1) is 5.75 Å². The molecule has 2 fully saturated rings. The van der Waals surface area contributed by atoms with E-state index in [9.17, 15) is 4.79 Å². The van der Waals surface area contributed by atoms with Gasteiger partial charge in [0.25, 0.3) is 0 Å². The maximum Gasteiger partial charge on any atom is 0.232 e. The van der Waals surface area contributed by atoms with Gasteiger partial charge in [-0.2, -0.15) is 0 Å². The molecule has 1 aromatic carbocycles. The fourth-order valence-electron chi connectivity index (χ4n) is 3.56. The highest BCUT2D eigenvalue weighted by atomic mass is 79.9. The molecule has 3 rings (SSSR count). The predicted octanol–water partition coefficient (Wildman–Crippen LogP) is 4.01. The third-order valence-corrected chi connectivity index (χ3v) is 6.53. The molecule has 2 saturated heterocycles. The molecule has 23 heavy (non-hydrogen) atoms. The predicted molar refractivity (Wildman–Crippen MR) is 103 cm³/mol. The zero-order valence-corrected chi connectivity index (χ0v) is 16.8. The third kappa shape index (κ3) is 4.65. The Kier molecular flexibility index (Phi) is 6.84. The number of nitrogens with one attached hydrogen (secondary N) is 1. The molecule has 2 atom stereocenters. The van der Waals surface area contributed by atoms with Crippen molar-refractivity contribution in [3.63, 3.8) is 0 Å². The topological polar surface area (TPSA) is 32.3 Å². The van der Waals surface area contributed by atoms with Crippen LogP contribution < -0.4 is 5.32 Å². The first kappa shape index (κ1) is 19.1. The Morgan fingerprint density at radius 2 is 2.00 bits per heavy atom. The van der Waals surface area contributed by atoms with Crippen molar-refractivity contribution in [2.75, 3.05) is 12.8 Å². The number of hydrogen-bond donors (Lipinski definition) is 1. The summed E-state index contributed by atoms with van der Waals surface area (Å²) in [7, 11) is 1.98. The Morgan fingerprint density at radius 1 is 1.35 bits per heavy atom. The van der Waals surface area contributed by atoms with E-state index in [-0.39, 0.29) is 18.3 Å². The highest BCUT2D eigenvalue weighted by Crippen LogP contribution is 2.30. The van der Waals surface area contributed by atoms with E-state index < -0.39 is 0 Å². The summed E-state index contributed by atoms with van der Waals surface area (Å²) < 4.78 is 1.09. The Labute approximate surface area is 157 Å². The molecule has 0 radical (unpaired) electrons. The minimum Gasteiger partial charge on any atom is -0.342 e. The first-order valence-electron chi connectivity index (χ1n) is 7.93. The molecule has 3 nitrogen and oxygen atoms in total. The lowest BCUT2D eigenvalue weighted by molar-refractivity contribution is -0.129. The number of amides is 1. The van der Waals surface area contributed by atoms with Gasteiger partial charge in [-0.1, -0.05) is 15.9 Å². The van der Waals surface area contributed by atoms with E-state index >= 15 is 0 Å². The molecule has 0 spiro atoms. The second-order valence-electron chi connectivity index (χ2n) is 6.47. The van der Waals surface area contributed by atoms with Crippen LogP contribution >= 0.6 is 40.1 Å². The van der Waals surface area contributed by atoms with Gasteiger partial charge in [0.1, 0.15) is 0 Å². The second-order valence-corrected chi connectivity index (χ2v) is 8.40. The van der Waals surface area contributed by atoms with E-state index in [2.05, 4.69) is 40.3 Å². The van der Waals surface area contributed by atoms with Gasteiger partial charge < -0.3 is 10.2 Å². The van der Waals surface area contributed by atoms with Crippen LogP contribution in [0.3, 0.4) is 0 Å². The van der Waals surface area contributed by atoms with Gasteiger partial charge in [-0.3, -0.25) is 4.79 Å². The maximum absolute atomic E-state index is 12.5. The molecular weight excluding hydrogens is 396 g/mol. The average Bonchev–Trinajstić information content (AvgIpc) is 2.83. The van der Waals surface area contributed by atoms with Crippen LogP contribution in [0, 0.1) is 6.92 Å².